The number of fused-ring (bicyclic) bond motifs is 2. The smallest absolute Gasteiger partial charge is 0.256 e. The number of hydrogen-bond acceptors (Lipinski definition) is 2. The highest BCUT2D eigenvalue weighted by molar-refractivity contribution is 6.06. The summed E-state index contributed by atoms with van der Waals surface area (Å²) in [6.07, 6.45) is 2.07. The van der Waals surface area contributed by atoms with Crippen molar-refractivity contribution in [3.63, 3.8) is 0 Å². The van der Waals surface area contributed by atoms with Gasteiger partial charge in [-0.2, -0.15) is 0 Å². The van der Waals surface area contributed by atoms with Crippen LogP contribution in [0.2, 0.25) is 0 Å². The van der Waals surface area contributed by atoms with Crippen molar-refractivity contribution in [2.45, 2.75) is 19.4 Å². The lowest BCUT2D eigenvalue weighted by atomic mass is 9.92. The van der Waals surface area contributed by atoms with Crippen LogP contribution in [0.25, 0.3) is 10.8 Å². The van der Waals surface area contributed by atoms with Crippen LogP contribution in [-0.2, 0) is 6.42 Å². The lowest BCUT2D eigenvalue weighted by molar-refractivity contribution is 0.0675. The zero-order valence-electron chi connectivity index (χ0n) is 13.8. The summed E-state index contributed by atoms with van der Waals surface area (Å²) in [6, 6.07) is 11.7. The van der Waals surface area contributed by atoms with Gasteiger partial charge in [0.05, 0.1) is 11.6 Å². The second-order valence-corrected chi connectivity index (χ2v) is 6.31. The van der Waals surface area contributed by atoms with Gasteiger partial charge in [0.1, 0.15) is 5.82 Å². The number of carbonyl (C=O) groups excluding carboxylic acids is 1. The Morgan fingerprint density at radius 1 is 1.16 bits per heavy atom. The van der Waals surface area contributed by atoms with Crippen LogP contribution < -0.4 is 5.56 Å². The number of nitrogens with zero attached hydrogens (tertiary/aromatic N) is 1. The average Bonchev–Trinajstić information content (AvgIpc) is 2.62. The van der Waals surface area contributed by atoms with E-state index in [1.54, 1.807) is 35.2 Å². The maximum atomic E-state index is 14.3. The molecule has 2 aromatic carbocycles. The molecular formula is C20H17FN2O2. The SMILES string of the molecule is C[C@@H]1c2c(F)cccc2CCN1C(=O)c1c[nH]c(=O)c2ccccc12. The van der Waals surface area contributed by atoms with E-state index in [1.165, 1.54) is 12.3 Å². The standard InChI is InChI=1S/C20H17FN2O2/c1-12-18-13(5-4-8-17(18)21)9-10-23(12)20(25)16-11-22-19(24)15-7-3-2-6-14(15)16/h2-8,11-12H,9-10H2,1H3,(H,22,24)/t12-/m1/s1. The molecular weight excluding hydrogens is 319 g/mol. The number of nitrogens with one attached hydrogen (secondary N) is 1. The number of hydrogen-bond donors (Lipinski definition) is 1. The number of pyridine rings is 1. The highest BCUT2D eigenvalue weighted by Gasteiger charge is 2.31. The fourth-order valence-corrected chi connectivity index (χ4v) is 3.68. The van der Waals surface area contributed by atoms with Gasteiger partial charge in [0.15, 0.2) is 0 Å². The summed E-state index contributed by atoms with van der Waals surface area (Å²) in [6.45, 7) is 2.36. The second kappa shape index (κ2) is 5.84. The molecule has 25 heavy (non-hydrogen) atoms. The minimum atomic E-state index is -0.358. The summed E-state index contributed by atoms with van der Waals surface area (Å²) in [5.74, 6) is -0.484. The zero-order chi connectivity index (χ0) is 17.6. The summed E-state index contributed by atoms with van der Waals surface area (Å²) in [5.41, 5.74) is 1.73. The molecule has 0 aliphatic carbocycles. The Morgan fingerprint density at radius 3 is 2.72 bits per heavy atom. The van der Waals surface area contributed by atoms with E-state index in [0.29, 0.717) is 34.9 Å². The molecule has 1 amide bonds. The van der Waals surface area contributed by atoms with Gasteiger partial charge in [-0.25, -0.2) is 4.39 Å². The summed E-state index contributed by atoms with van der Waals surface area (Å²) >= 11 is 0. The monoisotopic (exact) mass is 336 g/mol. The Hall–Kier alpha value is -2.95. The third-order valence-electron chi connectivity index (χ3n) is 4.95. The predicted molar refractivity (Wildman–Crippen MR) is 94.1 cm³/mol. The Bertz CT molecular complexity index is 1040. The fraction of sp³-hybridized carbons (Fsp3) is 0.200. The van der Waals surface area contributed by atoms with Gasteiger partial charge in [-0.05, 0) is 31.0 Å². The van der Waals surface area contributed by atoms with Crippen molar-refractivity contribution in [3.05, 3.63) is 81.5 Å². The Balaban J connectivity index is 1.79. The molecule has 0 fully saturated rings. The molecule has 0 saturated carbocycles. The molecule has 1 N–H and O–H groups in total. The van der Waals surface area contributed by atoms with Crippen molar-refractivity contribution in [2.75, 3.05) is 6.54 Å². The van der Waals surface area contributed by atoms with E-state index in [0.717, 1.165) is 5.56 Å². The number of H-pyrrole nitrogens is 1. The third kappa shape index (κ3) is 2.43. The van der Waals surface area contributed by atoms with Gasteiger partial charge >= 0.3 is 0 Å². The number of benzene rings is 2. The molecule has 0 saturated heterocycles. The first-order valence-corrected chi connectivity index (χ1v) is 8.26. The molecule has 3 aromatic rings. The summed E-state index contributed by atoms with van der Waals surface area (Å²) in [7, 11) is 0. The number of rotatable bonds is 1. The molecule has 0 unspecified atom stereocenters. The molecule has 0 radical (unpaired) electrons. The highest BCUT2D eigenvalue weighted by atomic mass is 19.1. The predicted octanol–water partition coefficient (Wildman–Crippen LogP) is 3.43. The zero-order valence-corrected chi connectivity index (χ0v) is 13.8. The van der Waals surface area contributed by atoms with Crippen molar-refractivity contribution in [2.24, 2.45) is 0 Å². The van der Waals surface area contributed by atoms with Gasteiger partial charge in [0.25, 0.3) is 11.5 Å². The maximum absolute atomic E-state index is 14.3. The van der Waals surface area contributed by atoms with Gasteiger partial charge in [-0.3, -0.25) is 9.59 Å². The van der Waals surface area contributed by atoms with E-state index in [2.05, 4.69) is 4.98 Å². The van der Waals surface area contributed by atoms with Crippen LogP contribution in [0.1, 0.15) is 34.5 Å². The van der Waals surface area contributed by atoms with Crippen LogP contribution in [0.4, 0.5) is 4.39 Å². The van der Waals surface area contributed by atoms with Crippen LogP contribution in [0.5, 0.6) is 0 Å². The molecule has 0 spiro atoms. The number of aromatic amines is 1. The van der Waals surface area contributed by atoms with Crippen molar-refractivity contribution < 1.29 is 9.18 Å². The Labute approximate surface area is 143 Å². The van der Waals surface area contributed by atoms with E-state index in [4.69, 9.17) is 0 Å². The van der Waals surface area contributed by atoms with Crippen LogP contribution in [-0.4, -0.2) is 22.3 Å². The van der Waals surface area contributed by atoms with Crippen LogP contribution >= 0.6 is 0 Å². The highest BCUT2D eigenvalue weighted by Crippen LogP contribution is 2.33. The number of amides is 1. The minimum Gasteiger partial charge on any atom is -0.331 e. The van der Waals surface area contributed by atoms with Crippen LogP contribution in [0.3, 0.4) is 0 Å². The van der Waals surface area contributed by atoms with Crippen molar-refractivity contribution >= 4 is 16.7 Å². The molecule has 1 atom stereocenters. The number of halogens is 1. The summed E-state index contributed by atoms with van der Waals surface area (Å²) in [4.78, 5) is 29.4. The van der Waals surface area contributed by atoms with Crippen molar-refractivity contribution in [3.8, 4) is 0 Å². The third-order valence-corrected chi connectivity index (χ3v) is 4.95. The van der Waals surface area contributed by atoms with Crippen LogP contribution in [0, 0.1) is 5.82 Å². The largest absolute Gasteiger partial charge is 0.331 e. The van der Waals surface area contributed by atoms with E-state index in [-0.39, 0.29) is 23.3 Å². The molecule has 2 heterocycles. The van der Waals surface area contributed by atoms with Gasteiger partial charge in [0, 0.05) is 29.1 Å². The second-order valence-electron chi connectivity index (χ2n) is 6.31. The Morgan fingerprint density at radius 2 is 1.92 bits per heavy atom. The molecule has 0 bridgehead atoms. The minimum absolute atomic E-state index is 0.200. The van der Waals surface area contributed by atoms with E-state index < -0.39 is 0 Å². The Kier molecular flexibility index (Phi) is 3.64. The fourth-order valence-electron chi connectivity index (χ4n) is 3.68. The molecule has 4 nitrogen and oxygen atoms in total. The number of aromatic nitrogens is 1. The number of carbonyl (C=O) groups is 1. The van der Waals surface area contributed by atoms with Crippen LogP contribution in [0.15, 0.2) is 53.5 Å². The maximum Gasteiger partial charge on any atom is 0.256 e. The topological polar surface area (TPSA) is 53.2 Å². The summed E-state index contributed by atoms with van der Waals surface area (Å²) in [5, 5.41) is 1.09. The molecule has 5 heteroatoms. The van der Waals surface area contributed by atoms with E-state index in [1.807, 2.05) is 13.0 Å². The molecule has 126 valence electrons. The quantitative estimate of drug-likeness (QED) is 0.740. The van der Waals surface area contributed by atoms with Gasteiger partial charge in [-0.1, -0.05) is 30.3 Å². The normalized spacial score (nSPS) is 16.7. The first-order chi connectivity index (χ1) is 12.1. The van der Waals surface area contributed by atoms with Crippen molar-refractivity contribution in [1.29, 1.82) is 0 Å². The van der Waals surface area contributed by atoms with E-state index >= 15 is 0 Å². The first kappa shape index (κ1) is 15.6. The van der Waals surface area contributed by atoms with Crippen molar-refractivity contribution in [1.82, 2.24) is 9.88 Å². The van der Waals surface area contributed by atoms with Gasteiger partial charge in [0.2, 0.25) is 0 Å². The molecule has 1 aliphatic rings. The molecule has 4 rings (SSSR count). The van der Waals surface area contributed by atoms with E-state index in [9.17, 15) is 14.0 Å². The molecule has 1 aliphatic heterocycles. The van der Waals surface area contributed by atoms with Gasteiger partial charge in [-0.15, -0.1) is 0 Å². The molecule has 1 aromatic heterocycles. The first-order valence-electron chi connectivity index (χ1n) is 8.26. The van der Waals surface area contributed by atoms with Gasteiger partial charge < -0.3 is 9.88 Å². The lowest BCUT2D eigenvalue weighted by Crippen LogP contribution is -2.39. The lowest BCUT2D eigenvalue weighted by Gasteiger charge is -2.35. The summed E-state index contributed by atoms with van der Waals surface area (Å²) < 4.78 is 14.3. The average molecular weight is 336 g/mol.